The highest BCUT2D eigenvalue weighted by atomic mass is 16.5. The van der Waals surface area contributed by atoms with E-state index in [0.29, 0.717) is 36.2 Å². The number of amides is 1. The molecule has 0 atom stereocenters. The Kier molecular flexibility index (Phi) is 8.34. The molecule has 2 rings (SSSR count). The number of benzene rings is 2. The molecule has 0 aliphatic heterocycles. The van der Waals surface area contributed by atoms with E-state index in [9.17, 15) is 4.79 Å². The van der Waals surface area contributed by atoms with Crippen molar-refractivity contribution in [3.8, 4) is 11.5 Å². The summed E-state index contributed by atoms with van der Waals surface area (Å²) in [6, 6.07) is 15.1. The van der Waals surface area contributed by atoms with Gasteiger partial charge in [0.25, 0.3) is 11.9 Å². The number of nitrogens with zero attached hydrogens (tertiary/aromatic N) is 2. The molecule has 0 N–H and O–H groups in total. The Morgan fingerprint density at radius 1 is 1.04 bits per heavy atom. The zero-order valence-electron chi connectivity index (χ0n) is 17.0. The third-order valence-electron chi connectivity index (χ3n) is 4.16. The number of hydrogen-bond donors (Lipinski definition) is 0. The SMILES string of the molecule is CCCOC(=NC(=O)c1ccccc1)N(C)CCc1ccc(OC)c(OC)c1. The lowest BCUT2D eigenvalue weighted by Gasteiger charge is -2.21. The largest absolute Gasteiger partial charge is 0.493 e. The summed E-state index contributed by atoms with van der Waals surface area (Å²) < 4.78 is 16.4. The molecule has 0 bridgehead atoms. The van der Waals surface area contributed by atoms with Crippen molar-refractivity contribution in [3.05, 3.63) is 59.7 Å². The average molecular weight is 384 g/mol. The quantitative estimate of drug-likeness (QED) is 0.512. The van der Waals surface area contributed by atoms with Gasteiger partial charge in [0.1, 0.15) is 0 Å². The van der Waals surface area contributed by atoms with Gasteiger partial charge in [-0.3, -0.25) is 4.79 Å². The van der Waals surface area contributed by atoms with Gasteiger partial charge in [-0.05, 0) is 42.7 Å². The van der Waals surface area contributed by atoms with E-state index in [1.54, 1.807) is 26.4 Å². The molecule has 150 valence electrons. The van der Waals surface area contributed by atoms with Gasteiger partial charge in [-0.1, -0.05) is 31.2 Å². The Balaban J connectivity index is 2.09. The van der Waals surface area contributed by atoms with Gasteiger partial charge in [-0.25, -0.2) is 0 Å². The van der Waals surface area contributed by atoms with Crippen LogP contribution in [-0.2, 0) is 11.2 Å². The van der Waals surface area contributed by atoms with Crippen LogP contribution >= 0.6 is 0 Å². The van der Waals surface area contributed by atoms with Gasteiger partial charge >= 0.3 is 0 Å². The molecule has 0 radical (unpaired) electrons. The van der Waals surface area contributed by atoms with Crippen LogP contribution in [0.25, 0.3) is 0 Å². The summed E-state index contributed by atoms with van der Waals surface area (Å²) >= 11 is 0. The van der Waals surface area contributed by atoms with Crippen LogP contribution in [0.5, 0.6) is 11.5 Å². The van der Waals surface area contributed by atoms with Gasteiger partial charge in [0.05, 0.1) is 20.8 Å². The number of carbonyl (C=O) groups is 1. The predicted molar refractivity (Wildman–Crippen MR) is 110 cm³/mol. The van der Waals surface area contributed by atoms with E-state index < -0.39 is 0 Å². The average Bonchev–Trinajstić information content (AvgIpc) is 2.75. The summed E-state index contributed by atoms with van der Waals surface area (Å²) in [6.07, 6.45) is 1.58. The molecule has 0 aliphatic rings. The van der Waals surface area contributed by atoms with Crippen LogP contribution in [0, 0.1) is 0 Å². The summed E-state index contributed by atoms with van der Waals surface area (Å²) in [5, 5.41) is 0. The molecule has 0 fully saturated rings. The lowest BCUT2D eigenvalue weighted by Crippen LogP contribution is -2.32. The number of amidine groups is 1. The zero-order valence-corrected chi connectivity index (χ0v) is 17.0. The molecule has 0 saturated carbocycles. The molecule has 6 nitrogen and oxygen atoms in total. The number of ether oxygens (including phenoxy) is 3. The van der Waals surface area contributed by atoms with Crippen molar-refractivity contribution in [2.24, 2.45) is 4.99 Å². The van der Waals surface area contributed by atoms with Crippen LogP contribution in [0.4, 0.5) is 0 Å². The number of aliphatic imine (C=N–C) groups is 1. The fourth-order valence-corrected chi connectivity index (χ4v) is 2.58. The smallest absolute Gasteiger partial charge is 0.295 e. The van der Waals surface area contributed by atoms with E-state index in [1.807, 2.05) is 55.3 Å². The van der Waals surface area contributed by atoms with Crippen molar-refractivity contribution in [1.29, 1.82) is 0 Å². The molecule has 2 aromatic rings. The minimum Gasteiger partial charge on any atom is -0.493 e. The van der Waals surface area contributed by atoms with Crippen molar-refractivity contribution < 1.29 is 19.0 Å². The summed E-state index contributed by atoms with van der Waals surface area (Å²) in [5.74, 6) is 1.07. The van der Waals surface area contributed by atoms with E-state index in [-0.39, 0.29) is 5.91 Å². The molecule has 0 saturated heterocycles. The maximum absolute atomic E-state index is 12.4. The van der Waals surface area contributed by atoms with Gasteiger partial charge in [0.2, 0.25) is 0 Å². The van der Waals surface area contributed by atoms with Crippen molar-refractivity contribution in [2.45, 2.75) is 19.8 Å². The summed E-state index contributed by atoms with van der Waals surface area (Å²) in [7, 11) is 5.10. The van der Waals surface area contributed by atoms with Gasteiger partial charge < -0.3 is 19.1 Å². The van der Waals surface area contributed by atoms with Crippen LogP contribution in [-0.4, -0.2) is 51.2 Å². The predicted octanol–water partition coefficient (Wildman–Crippen LogP) is 3.80. The number of likely N-dealkylation sites (N-methyl/N-ethyl adjacent to an activating group) is 1. The zero-order chi connectivity index (χ0) is 20.4. The third kappa shape index (κ3) is 6.01. The van der Waals surface area contributed by atoms with Crippen molar-refractivity contribution in [3.63, 3.8) is 0 Å². The molecular weight excluding hydrogens is 356 g/mol. The van der Waals surface area contributed by atoms with E-state index in [1.165, 1.54) is 0 Å². The first kappa shape index (κ1) is 21.3. The second kappa shape index (κ2) is 11.0. The standard InChI is InChI=1S/C22H28N2O4/c1-5-15-28-22(23-21(25)18-9-7-6-8-10-18)24(2)14-13-17-11-12-19(26-3)20(16-17)27-4/h6-12,16H,5,13-15H2,1-4H3. The number of rotatable bonds is 8. The van der Waals surface area contributed by atoms with E-state index >= 15 is 0 Å². The Bertz CT molecular complexity index is 790. The lowest BCUT2D eigenvalue weighted by molar-refractivity contribution is 0.0994. The molecule has 28 heavy (non-hydrogen) atoms. The third-order valence-corrected chi connectivity index (χ3v) is 4.16. The van der Waals surface area contributed by atoms with E-state index in [4.69, 9.17) is 14.2 Å². The van der Waals surface area contributed by atoms with Gasteiger partial charge in [-0.15, -0.1) is 0 Å². The molecule has 0 heterocycles. The van der Waals surface area contributed by atoms with Crippen molar-refractivity contribution >= 4 is 11.9 Å². The van der Waals surface area contributed by atoms with E-state index in [0.717, 1.165) is 18.4 Å². The van der Waals surface area contributed by atoms with Crippen LogP contribution < -0.4 is 9.47 Å². The first-order valence-corrected chi connectivity index (χ1v) is 9.32. The fourth-order valence-electron chi connectivity index (χ4n) is 2.58. The molecule has 1 amide bonds. The Hall–Kier alpha value is -3.02. The van der Waals surface area contributed by atoms with Gasteiger partial charge in [0.15, 0.2) is 11.5 Å². The molecule has 0 spiro atoms. The van der Waals surface area contributed by atoms with Crippen LogP contribution in [0.15, 0.2) is 53.5 Å². The minimum atomic E-state index is -0.315. The van der Waals surface area contributed by atoms with Crippen molar-refractivity contribution in [1.82, 2.24) is 4.90 Å². The first-order chi connectivity index (χ1) is 13.6. The molecule has 0 unspecified atom stereocenters. The number of hydrogen-bond acceptors (Lipinski definition) is 4. The second-order valence-corrected chi connectivity index (χ2v) is 6.27. The number of carbonyl (C=O) groups excluding carboxylic acids is 1. The topological polar surface area (TPSA) is 60.4 Å². The van der Waals surface area contributed by atoms with Crippen LogP contribution in [0.1, 0.15) is 29.3 Å². The van der Waals surface area contributed by atoms with Gasteiger partial charge in [-0.2, -0.15) is 4.99 Å². The summed E-state index contributed by atoms with van der Waals surface area (Å²) in [6.45, 7) is 3.15. The second-order valence-electron chi connectivity index (χ2n) is 6.27. The monoisotopic (exact) mass is 384 g/mol. The molecule has 0 aliphatic carbocycles. The lowest BCUT2D eigenvalue weighted by atomic mass is 10.1. The fraction of sp³-hybridized carbons (Fsp3) is 0.364. The summed E-state index contributed by atoms with van der Waals surface area (Å²) in [5.41, 5.74) is 1.63. The number of methoxy groups -OCH3 is 2. The Morgan fingerprint density at radius 3 is 2.39 bits per heavy atom. The Labute approximate surface area is 166 Å². The molecular formula is C22H28N2O4. The first-order valence-electron chi connectivity index (χ1n) is 9.32. The maximum atomic E-state index is 12.4. The highest BCUT2D eigenvalue weighted by molar-refractivity contribution is 6.01. The molecule has 6 heteroatoms. The minimum absolute atomic E-state index is 0.315. The highest BCUT2D eigenvalue weighted by Crippen LogP contribution is 2.27. The highest BCUT2D eigenvalue weighted by Gasteiger charge is 2.13. The normalized spacial score (nSPS) is 11.1. The van der Waals surface area contributed by atoms with Crippen molar-refractivity contribution in [2.75, 3.05) is 34.4 Å². The summed E-state index contributed by atoms with van der Waals surface area (Å²) in [4.78, 5) is 18.5. The van der Waals surface area contributed by atoms with Crippen LogP contribution in [0.3, 0.4) is 0 Å². The maximum Gasteiger partial charge on any atom is 0.295 e. The molecule has 0 aromatic heterocycles. The van der Waals surface area contributed by atoms with E-state index in [2.05, 4.69) is 4.99 Å². The van der Waals surface area contributed by atoms with Gasteiger partial charge in [0, 0.05) is 19.2 Å². The Morgan fingerprint density at radius 2 is 1.75 bits per heavy atom. The molecule has 2 aromatic carbocycles. The van der Waals surface area contributed by atoms with Crippen LogP contribution in [0.2, 0.25) is 0 Å².